The van der Waals surface area contributed by atoms with Crippen LogP contribution in [-0.2, 0) is 23.9 Å². The van der Waals surface area contributed by atoms with Crippen molar-refractivity contribution in [3.63, 3.8) is 0 Å². The molecule has 2 amide bonds. The lowest BCUT2D eigenvalue weighted by Gasteiger charge is -2.36. The molecule has 0 aliphatic rings. The number of carbonyl (C=O) groups excluding carboxylic acids is 3. The fourth-order valence-electron chi connectivity index (χ4n) is 1.67. The summed E-state index contributed by atoms with van der Waals surface area (Å²) in [7, 11) is 0. The minimum atomic E-state index is -1.21. The van der Waals surface area contributed by atoms with Crippen LogP contribution < -0.4 is 5.73 Å². The molecule has 0 radical (unpaired) electrons. The quantitative estimate of drug-likeness (QED) is 0.602. The normalized spacial score (nSPS) is 12.4. The van der Waals surface area contributed by atoms with Gasteiger partial charge in [0.1, 0.15) is 11.6 Å². The molecular weight excluding hydrogens is 280 g/mol. The minimum absolute atomic E-state index is 0.00984. The zero-order chi connectivity index (χ0) is 16.8. The van der Waals surface area contributed by atoms with Crippen LogP contribution in [0.2, 0.25) is 0 Å². The molecule has 8 nitrogen and oxygen atoms in total. The lowest BCUT2D eigenvalue weighted by atomic mass is 10.0. The van der Waals surface area contributed by atoms with E-state index < -0.39 is 29.5 Å². The molecule has 3 N–H and O–H groups in total. The van der Waals surface area contributed by atoms with E-state index in [0.717, 1.165) is 0 Å². The van der Waals surface area contributed by atoms with Crippen LogP contribution in [0.4, 0.5) is 0 Å². The summed E-state index contributed by atoms with van der Waals surface area (Å²) in [6.07, 6.45) is -1.26. The van der Waals surface area contributed by atoms with Crippen molar-refractivity contribution >= 4 is 23.8 Å². The average molecular weight is 302 g/mol. The highest BCUT2D eigenvalue weighted by Gasteiger charge is 2.35. The highest BCUT2D eigenvalue weighted by Crippen LogP contribution is 2.16. The summed E-state index contributed by atoms with van der Waals surface area (Å²) in [5.74, 6) is -2.83. The van der Waals surface area contributed by atoms with Gasteiger partial charge in [-0.05, 0) is 20.8 Å². The van der Waals surface area contributed by atoms with Gasteiger partial charge in [0.2, 0.25) is 11.8 Å². The SMILES string of the molecule is CC(=O)N(CC(C)OC(=O)CCC(=O)O)C(C)(C)C(N)=O. The lowest BCUT2D eigenvalue weighted by Crippen LogP contribution is -2.57. The molecule has 0 aromatic heterocycles. The standard InChI is InChI=1S/C13H22N2O6/c1-8(21-11(19)6-5-10(17)18)7-15(9(2)16)13(3,4)12(14)20/h8H,5-7H2,1-4H3,(H2,14,20)(H,17,18). The molecule has 0 spiro atoms. The van der Waals surface area contributed by atoms with E-state index in [-0.39, 0.29) is 25.3 Å². The van der Waals surface area contributed by atoms with E-state index in [1.165, 1.54) is 25.7 Å². The first-order valence-electron chi connectivity index (χ1n) is 6.47. The van der Waals surface area contributed by atoms with Crippen LogP contribution in [0.3, 0.4) is 0 Å². The molecule has 0 rings (SSSR count). The first-order chi connectivity index (χ1) is 9.48. The van der Waals surface area contributed by atoms with Gasteiger partial charge in [-0.25, -0.2) is 0 Å². The second-order valence-electron chi connectivity index (χ2n) is 5.25. The topological polar surface area (TPSA) is 127 Å². The average Bonchev–Trinajstić information content (AvgIpc) is 2.32. The second-order valence-corrected chi connectivity index (χ2v) is 5.25. The van der Waals surface area contributed by atoms with Crippen molar-refractivity contribution in [1.29, 1.82) is 0 Å². The number of hydrogen-bond donors (Lipinski definition) is 2. The van der Waals surface area contributed by atoms with Crippen molar-refractivity contribution in [3.8, 4) is 0 Å². The first kappa shape index (κ1) is 18.9. The summed E-state index contributed by atoms with van der Waals surface area (Å²) in [6.45, 7) is 5.81. The minimum Gasteiger partial charge on any atom is -0.481 e. The monoisotopic (exact) mass is 302 g/mol. The number of aliphatic carboxylic acids is 1. The molecule has 120 valence electrons. The van der Waals surface area contributed by atoms with Crippen LogP contribution in [0.15, 0.2) is 0 Å². The van der Waals surface area contributed by atoms with Crippen LogP contribution >= 0.6 is 0 Å². The van der Waals surface area contributed by atoms with E-state index in [9.17, 15) is 19.2 Å². The molecular formula is C13H22N2O6. The molecule has 0 bridgehead atoms. The number of carboxylic acid groups (broad SMARTS) is 1. The molecule has 0 saturated heterocycles. The zero-order valence-corrected chi connectivity index (χ0v) is 12.7. The molecule has 0 aliphatic carbocycles. The maximum Gasteiger partial charge on any atom is 0.306 e. The fourth-order valence-corrected chi connectivity index (χ4v) is 1.67. The number of nitrogens with two attached hydrogens (primary N) is 1. The fraction of sp³-hybridized carbons (Fsp3) is 0.692. The Hall–Kier alpha value is -2.12. The van der Waals surface area contributed by atoms with Gasteiger partial charge in [-0.3, -0.25) is 19.2 Å². The summed E-state index contributed by atoms with van der Waals surface area (Å²) in [5, 5.41) is 8.47. The Morgan fingerprint density at radius 2 is 1.76 bits per heavy atom. The van der Waals surface area contributed by atoms with Crippen molar-refractivity contribution in [1.82, 2.24) is 4.90 Å². The second kappa shape index (κ2) is 7.61. The van der Waals surface area contributed by atoms with Gasteiger partial charge in [-0.15, -0.1) is 0 Å². The molecule has 8 heteroatoms. The summed E-state index contributed by atoms with van der Waals surface area (Å²) in [5.41, 5.74) is 4.05. The van der Waals surface area contributed by atoms with Gasteiger partial charge in [-0.1, -0.05) is 0 Å². The number of amides is 2. The van der Waals surface area contributed by atoms with Crippen molar-refractivity contribution in [2.24, 2.45) is 5.73 Å². The number of hydrogen-bond acceptors (Lipinski definition) is 5. The smallest absolute Gasteiger partial charge is 0.306 e. The van der Waals surface area contributed by atoms with Crippen LogP contribution in [0.5, 0.6) is 0 Å². The third kappa shape index (κ3) is 6.24. The summed E-state index contributed by atoms with van der Waals surface area (Å²) in [4.78, 5) is 46.0. The van der Waals surface area contributed by atoms with Crippen molar-refractivity contribution in [2.75, 3.05) is 6.54 Å². The predicted molar refractivity (Wildman–Crippen MR) is 73.1 cm³/mol. The van der Waals surface area contributed by atoms with Gasteiger partial charge in [0.15, 0.2) is 0 Å². The van der Waals surface area contributed by atoms with Gasteiger partial charge >= 0.3 is 11.9 Å². The predicted octanol–water partition coefficient (Wildman–Crippen LogP) is -0.105. The van der Waals surface area contributed by atoms with E-state index in [1.54, 1.807) is 6.92 Å². The first-order valence-corrected chi connectivity index (χ1v) is 6.47. The number of esters is 1. The van der Waals surface area contributed by atoms with Crippen LogP contribution in [-0.4, -0.2) is 51.9 Å². The number of ether oxygens (including phenoxy) is 1. The highest BCUT2D eigenvalue weighted by atomic mass is 16.5. The van der Waals surface area contributed by atoms with E-state index in [0.29, 0.717) is 0 Å². The molecule has 0 fully saturated rings. The van der Waals surface area contributed by atoms with Gasteiger partial charge in [0.05, 0.1) is 19.4 Å². The van der Waals surface area contributed by atoms with E-state index in [2.05, 4.69) is 0 Å². The van der Waals surface area contributed by atoms with Gasteiger partial charge in [0, 0.05) is 6.92 Å². The Balaban J connectivity index is 4.67. The lowest BCUT2D eigenvalue weighted by molar-refractivity contribution is -0.156. The van der Waals surface area contributed by atoms with Crippen molar-refractivity contribution in [3.05, 3.63) is 0 Å². The molecule has 0 aromatic carbocycles. The van der Waals surface area contributed by atoms with Crippen LogP contribution in [0.1, 0.15) is 40.5 Å². The van der Waals surface area contributed by atoms with E-state index in [1.807, 2.05) is 0 Å². The number of carbonyl (C=O) groups is 4. The third-order valence-electron chi connectivity index (χ3n) is 2.97. The number of nitrogens with zero attached hydrogens (tertiary/aromatic N) is 1. The maximum absolute atomic E-state index is 11.6. The number of rotatable bonds is 8. The van der Waals surface area contributed by atoms with Gasteiger partial charge in [-0.2, -0.15) is 0 Å². The summed E-state index contributed by atoms with van der Waals surface area (Å²) >= 11 is 0. The molecule has 0 heterocycles. The third-order valence-corrected chi connectivity index (χ3v) is 2.97. The Kier molecular flexibility index (Phi) is 6.84. The Morgan fingerprint density at radius 1 is 1.24 bits per heavy atom. The molecule has 0 aliphatic heterocycles. The summed E-state index contributed by atoms with van der Waals surface area (Å²) in [6, 6.07) is 0. The van der Waals surface area contributed by atoms with E-state index >= 15 is 0 Å². The zero-order valence-electron chi connectivity index (χ0n) is 12.7. The van der Waals surface area contributed by atoms with E-state index in [4.69, 9.17) is 15.6 Å². The van der Waals surface area contributed by atoms with Crippen LogP contribution in [0, 0.1) is 0 Å². The molecule has 1 unspecified atom stereocenters. The Labute approximate surface area is 123 Å². The number of carboxylic acids is 1. The molecule has 1 atom stereocenters. The largest absolute Gasteiger partial charge is 0.481 e. The Bertz CT molecular complexity index is 432. The van der Waals surface area contributed by atoms with Crippen LogP contribution in [0.25, 0.3) is 0 Å². The van der Waals surface area contributed by atoms with Crippen molar-refractivity contribution < 1.29 is 29.0 Å². The molecule has 0 aromatic rings. The maximum atomic E-state index is 11.6. The highest BCUT2D eigenvalue weighted by molar-refractivity contribution is 5.89. The Morgan fingerprint density at radius 3 is 2.14 bits per heavy atom. The van der Waals surface area contributed by atoms with Crippen molar-refractivity contribution in [2.45, 2.75) is 52.2 Å². The molecule has 21 heavy (non-hydrogen) atoms. The van der Waals surface area contributed by atoms with Gasteiger partial charge in [0.25, 0.3) is 0 Å². The summed E-state index contributed by atoms with van der Waals surface area (Å²) < 4.78 is 5.01. The van der Waals surface area contributed by atoms with Gasteiger partial charge < -0.3 is 20.5 Å². The molecule has 0 saturated carbocycles. The number of primary amides is 1.